The van der Waals surface area contributed by atoms with Crippen molar-refractivity contribution < 1.29 is 14.3 Å². The standard InChI is InChI=1S/C34H42N2O3/c1-25(12-10-15-26-13-6-4-7-14-26)27-22-30(38-32(37)16-11-21-36-19-8-5-9-20-36)33-28-24-35-18-17-29(28)34(2,3)39-31(33)23-27/h4,6-7,13-14,17-18,22-25H,5,8-12,15-16,19-21H2,1-3H3. The molecule has 3 aromatic rings. The molecule has 2 aliphatic heterocycles. The molecule has 3 heterocycles. The third-order valence-electron chi connectivity index (χ3n) is 8.23. The van der Waals surface area contributed by atoms with Crippen molar-refractivity contribution in [1.82, 2.24) is 9.88 Å². The smallest absolute Gasteiger partial charge is 0.311 e. The fourth-order valence-corrected chi connectivity index (χ4v) is 6.00. The van der Waals surface area contributed by atoms with Crippen molar-refractivity contribution in [1.29, 1.82) is 0 Å². The first-order valence-corrected chi connectivity index (χ1v) is 14.7. The van der Waals surface area contributed by atoms with Gasteiger partial charge < -0.3 is 14.4 Å². The Morgan fingerprint density at radius 3 is 2.67 bits per heavy atom. The van der Waals surface area contributed by atoms with Crippen LogP contribution < -0.4 is 9.47 Å². The fraction of sp³-hybridized carbons (Fsp3) is 0.471. The highest BCUT2D eigenvalue weighted by Gasteiger charge is 2.35. The normalized spacial score (nSPS) is 17.0. The Balaban J connectivity index is 1.36. The number of ether oxygens (including phenoxy) is 2. The minimum absolute atomic E-state index is 0.182. The molecular formula is C34H42N2O3. The number of piperidine rings is 1. The van der Waals surface area contributed by atoms with E-state index in [-0.39, 0.29) is 5.97 Å². The summed E-state index contributed by atoms with van der Waals surface area (Å²) in [5.74, 6) is 1.48. The van der Waals surface area contributed by atoms with E-state index >= 15 is 0 Å². The van der Waals surface area contributed by atoms with Crippen LogP contribution in [0.2, 0.25) is 0 Å². The van der Waals surface area contributed by atoms with Crippen molar-refractivity contribution >= 4 is 5.97 Å². The van der Waals surface area contributed by atoms with Crippen molar-refractivity contribution in [2.75, 3.05) is 19.6 Å². The van der Waals surface area contributed by atoms with Gasteiger partial charge in [0.25, 0.3) is 0 Å². The molecule has 2 aliphatic rings. The lowest BCUT2D eigenvalue weighted by Crippen LogP contribution is -2.31. The lowest BCUT2D eigenvalue weighted by molar-refractivity contribution is -0.134. The van der Waals surface area contributed by atoms with E-state index in [1.165, 1.54) is 24.8 Å². The number of esters is 1. The quantitative estimate of drug-likeness (QED) is 0.200. The fourth-order valence-electron chi connectivity index (χ4n) is 6.00. The molecule has 5 heteroatoms. The van der Waals surface area contributed by atoms with Gasteiger partial charge in [-0.15, -0.1) is 0 Å². The molecule has 0 amide bonds. The van der Waals surface area contributed by atoms with Gasteiger partial charge >= 0.3 is 5.97 Å². The van der Waals surface area contributed by atoms with Crippen molar-refractivity contribution in [3.8, 4) is 22.6 Å². The molecule has 1 saturated heterocycles. The van der Waals surface area contributed by atoms with Gasteiger partial charge in [0, 0.05) is 29.9 Å². The summed E-state index contributed by atoms with van der Waals surface area (Å²) in [5.41, 5.74) is 4.86. The van der Waals surface area contributed by atoms with E-state index in [0.29, 0.717) is 18.1 Å². The van der Waals surface area contributed by atoms with E-state index in [1.54, 1.807) is 6.20 Å². The molecule has 39 heavy (non-hydrogen) atoms. The lowest BCUT2D eigenvalue weighted by atomic mass is 9.85. The number of aryl methyl sites for hydroxylation is 1. The van der Waals surface area contributed by atoms with Gasteiger partial charge in [0.05, 0.1) is 5.56 Å². The molecular weight excluding hydrogens is 484 g/mol. The third kappa shape index (κ3) is 6.70. The van der Waals surface area contributed by atoms with E-state index in [9.17, 15) is 4.79 Å². The summed E-state index contributed by atoms with van der Waals surface area (Å²) in [6.45, 7) is 9.65. The number of benzene rings is 2. The van der Waals surface area contributed by atoms with Crippen molar-refractivity contribution in [3.63, 3.8) is 0 Å². The van der Waals surface area contributed by atoms with Crippen molar-refractivity contribution in [2.45, 2.75) is 83.7 Å². The summed E-state index contributed by atoms with van der Waals surface area (Å²) < 4.78 is 12.7. The predicted octanol–water partition coefficient (Wildman–Crippen LogP) is 7.67. The molecule has 5 rings (SSSR count). The number of nitrogens with zero attached hydrogens (tertiary/aromatic N) is 2. The van der Waals surface area contributed by atoms with Gasteiger partial charge in [-0.2, -0.15) is 0 Å². The minimum Gasteiger partial charge on any atom is -0.482 e. The van der Waals surface area contributed by atoms with Crippen LogP contribution in [0.4, 0.5) is 0 Å². The van der Waals surface area contributed by atoms with Crippen LogP contribution in [-0.2, 0) is 16.8 Å². The maximum absolute atomic E-state index is 13.1. The molecule has 1 aromatic heterocycles. The number of fused-ring (bicyclic) bond motifs is 3. The predicted molar refractivity (Wildman–Crippen MR) is 156 cm³/mol. The molecule has 1 unspecified atom stereocenters. The first-order valence-electron chi connectivity index (χ1n) is 14.7. The Kier molecular flexibility index (Phi) is 8.66. The number of aromatic nitrogens is 1. The van der Waals surface area contributed by atoms with Crippen LogP contribution in [-0.4, -0.2) is 35.5 Å². The highest BCUT2D eigenvalue weighted by molar-refractivity contribution is 5.85. The number of hydrogen-bond acceptors (Lipinski definition) is 5. The van der Waals surface area contributed by atoms with Crippen LogP contribution in [0.3, 0.4) is 0 Å². The number of carbonyl (C=O) groups is 1. The van der Waals surface area contributed by atoms with Gasteiger partial charge in [0.1, 0.15) is 17.1 Å². The zero-order valence-electron chi connectivity index (χ0n) is 23.7. The van der Waals surface area contributed by atoms with E-state index in [2.05, 4.69) is 73.1 Å². The summed E-state index contributed by atoms with van der Waals surface area (Å²) in [6.07, 6.45) is 11.9. The summed E-state index contributed by atoms with van der Waals surface area (Å²) in [6, 6.07) is 16.8. The lowest BCUT2D eigenvalue weighted by Gasteiger charge is -2.35. The zero-order chi connectivity index (χ0) is 27.2. The SMILES string of the molecule is CC(CCCc1ccccc1)c1cc(OC(=O)CCCN2CCCCC2)c2c(c1)OC(C)(C)c1ccncc1-2. The number of carbonyl (C=O) groups excluding carboxylic acids is 1. The molecule has 0 aliphatic carbocycles. The van der Waals surface area contributed by atoms with Gasteiger partial charge in [0.15, 0.2) is 0 Å². The first kappa shape index (κ1) is 27.4. The van der Waals surface area contributed by atoms with Crippen molar-refractivity contribution in [3.05, 3.63) is 77.6 Å². The molecule has 2 aromatic carbocycles. The monoisotopic (exact) mass is 526 g/mol. The van der Waals surface area contributed by atoms with E-state index in [4.69, 9.17) is 9.47 Å². The second kappa shape index (κ2) is 12.3. The zero-order valence-corrected chi connectivity index (χ0v) is 23.7. The van der Waals surface area contributed by atoms with Gasteiger partial charge in [-0.25, -0.2) is 0 Å². The molecule has 0 spiro atoms. The average molecular weight is 527 g/mol. The number of pyridine rings is 1. The molecule has 0 saturated carbocycles. The summed E-state index contributed by atoms with van der Waals surface area (Å²) >= 11 is 0. The minimum atomic E-state index is -0.504. The maximum atomic E-state index is 13.1. The van der Waals surface area contributed by atoms with Crippen LogP contribution in [0.25, 0.3) is 11.1 Å². The van der Waals surface area contributed by atoms with E-state index in [1.807, 2.05) is 12.3 Å². The Morgan fingerprint density at radius 2 is 1.87 bits per heavy atom. The molecule has 1 fully saturated rings. The average Bonchev–Trinajstić information content (AvgIpc) is 2.93. The first-order chi connectivity index (χ1) is 18.9. The molecule has 5 nitrogen and oxygen atoms in total. The molecule has 1 atom stereocenters. The van der Waals surface area contributed by atoms with Gasteiger partial charge in [0.2, 0.25) is 0 Å². The third-order valence-corrected chi connectivity index (χ3v) is 8.23. The van der Waals surface area contributed by atoms with Crippen LogP contribution >= 0.6 is 0 Å². The van der Waals surface area contributed by atoms with Gasteiger partial charge in [-0.3, -0.25) is 9.78 Å². The highest BCUT2D eigenvalue weighted by atomic mass is 16.5. The number of likely N-dealkylation sites (tertiary alicyclic amines) is 1. The van der Waals surface area contributed by atoms with Gasteiger partial charge in [-0.05, 0) is 107 Å². The number of rotatable bonds is 10. The van der Waals surface area contributed by atoms with Crippen LogP contribution in [0.15, 0.2) is 60.9 Å². The highest BCUT2D eigenvalue weighted by Crippen LogP contribution is 2.50. The number of hydrogen-bond donors (Lipinski definition) is 0. The summed E-state index contributed by atoms with van der Waals surface area (Å²) in [4.78, 5) is 20.0. The second-order valence-electron chi connectivity index (χ2n) is 11.7. The Labute approximate surface area is 233 Å². The molecule has 206 valence electrons. The van der Waals surface area contributed by atoms with E-state index in [0.717, 1.165) is 73.3 Å². The topological polar surface area (TPSA) is 51.7 Å². The van der Waals surface area contributed by atoms with Crippen LogP contribution in [0.1, 0.15) is 88.3 Å². The molecule has 0 N–H and O–H groups in total. The van der Waals surface area contributed by atoms with Crippen molar-refractivity contribution in [2.24, 2.45) is 0 Å². The maximum Gasteiger partial charge on any atom is 0.311 e. The van der Waals surface area contributed by atoms with Crippen LogP contribution in [0.5, 0.6) is 11.5 Å². The van der Waals surface area contributed by atoms with Gasteiger partial charge in [-0.1, -0.05) is 43.7 Å². The Morgan fingerprint density at radius 1 is 1.08 bits per heavy atom. The molecule has 0 bridgehead atoms. The molecule has 0 radical (unpaired) electrons. The summed E-state index contributed by atoms with van der Waals surface area (Å²) in [5, 5.41) is 0. The Hall–Kier alpha value is -3.18. The van der Waals surface area contributed by atoms with E-state index < -0.39 is 5.60 Å². The summed E-state index contributed by atoms with van der Waals surface area (Å²) in [7, 11) is 0. The Bertz CT molecular complexity index is 1260. The van der Waals surface area contributed by atoms with Crippen LogP contribution in [0, 0.1) is 0 Å². The second-order valence-corrected chi connectivity index (χ2v) is 11.7. The largest absolute Gasteiger partial charge is 0.482 e.